The highest BCUT2D eigenvalue weighted by molar-refractivity contribution is 6.32. The largest absolute Gasteiger partial charge is 0.456 e. The fraction of sp³-hybridized carbons (Fsp3) is 0.174. The standard InChI is InChI=1S/C23H19ClN4O3/c1-3-20-27-23(31-28-20)22-15(12-29-2)21-14-10-13(30-19-7-5-4-6-16(19)24)8-9-17(14)26-18(21)11-25-22/h4-11,26H,3,12H2,1-2H3. The first-order chi connectivity index (χ1) is 15.2. The molecule has 7 nitrogen and oxygen atoms in total. The molecule has 0 aliphatic rings. The van der Waals surface area contributed by atoms with Gasteiger partial charge in [0.2, 0.25) is 0 Å². The van der Waals surface area contributed by atoms with Crippen molar-refractivity contribution in [2.45, 2.75) is 20.0 Å². The van der Waals surface area contributed by atoms with Crippen LogP contribution in [0.3, 0.4) is 0 Å². The van der Waals surface area contributed by atoms with Gasteiger partial charge in [0.1, 0.15) is 17.2 Å². The van der Waals surface area contributed by atoms with Crippen molar-refractivity contribution < 1.29 is 14.0 Å². The quantitative estimate of drug-likeness (QED) is 0.357. The fourth-order valence-electron chi connectivity index (χ4n) is 3.62. The Morgan fingerprint density at radius 3 is 2.77 bits per heavy atom. The van der Waals surface area contributed by atoms with Crippen LogP contribution >= 0.6 is 11.6 Å². The first-order valence-corrected chi connectivity index (χ1v) is 10.2. The van der Waals surface area contributed by atoms with Crippen molar-refractivity contribution in [3.05, 3.63) is 65.1 Å². The van der Waals surface area contributed by atoms with Crippen LogP contribution < -0.4 is 4.74 Å². The van der Waals surface area contributed by atoms with Crippen molar-refractivity contribution >= 4 is 33.4 Å². The molecule has 8 heteroatoms. The van der Waals surface area contributed by atoms with E-state index < -0.39 is 0 Å². The van der Waals surface area contributed by atoms with Gasteiger partial charge >= 0.3 is 0 Å². The maximum absolute atomic E-state index is 6.26. The number of aryl methyl sites for hydroxylation is 1. The molecular formula is C23H19ClN4O3. The molecule has 0 saturated heterocycles. The van der Waals surface area contributed by atoms with Crippen LogP contribution in [0.5, 0.6) is 11.5 Å². The molecule has 0 amide bonds. The third-order valence-corrected chi connectivity index (χ3v) is 5.36. The number of aromatic nitrogens is 4. The van der Waals surface area contributed by atoms with Gasteiger partial charge in [0.05, 0.1) is 23.3 Å². The number of halogens is 1. The second-order valence-corrected chi connectivity index (χ2v) is 7.45. The summed E-state index contributed by atoms with van der Waals surface area (Å²) in [5.74, 6) is 2.29. The van der Waals surface area contributed by atoms with E-state index in [0.29, 0.717) is 47.0 Å². The molecule has 0 aliphatic heterocycles. The number of hydrogen-bond donors (Lipinski definition) is 1. The van der Waals surface area contributed by atoms with Crippen LogP contribution in [0.1, 0.15) is 18.3 Å². The van der Waals surface area contributed by atoms with Gasteiger partial charge in [-0.1, -0.05) is 35.8 Å². The summed E-state index contributed by atoms with van der Waals surface area (Å²) in [5, 5.41) is 6.51. The number of para-hydroxylation sites is 1. The van der Waals surface area contributed by atoms with Gasteiger partial charge in [-0.3, -0.25) is 0 Å². The van der Waals surface area contributed by atoms with Crippen LogP contribution in [-0.2, 0) is 17.8 Å². The monoisotopic (exact) mass is 434 g/mol. The average Bonchev–Trinajstić information content (AvgIpc) is 3.40. The van der Waals surface area contributed by atoms with E-state index in [9.17, 15) is 0 Å². The number of aromatic amines is 1. The third kappa shape index (κ3) is 3.52. The molecule has 1 N–H and O–H groups in total. The zero-order valence-electron chi connectivity index (χ0n) is 17.0. The summed E-state index contributed by atoms with van der Waals surface area (Å²) in [6.45, 7) is 2.31. The zero-order chi connectivity index (χ0) is 21.4. The van der Waals surface area contributed by atoms with Gasteiger partial charge in [-0.15, -0.1) is 0 Å². The highest BCUT2D eigenvalue weighted by atomic mass is 35.5. The molecule has 5 aromatic rings. The maximum atomic E-state index is 6.26. The lowest BCUT2D eigenvalue weighted by atomic mass is 10.1. The summed E-state index contributed by atoms with van der Waals surface area (Å²) in [6, 6.07) is 13.2. The van der Waals surface area contributed by atoms with E-state index in [1.165, 1.54) is 0 Å². The molecule has 3 heterocycles. The minimum Gasteiger partial charge on any atom is -0.456 e. The van der Waals surface area contributed by atoms with Gasteiger partial charge in [0.25, 0.3) is 5.89 Å². The maximum Gasteiger partial charge on any atom is 0.276 e. The Kier molecular flexibility index (Phi) is 5.05. The second-order valence-electron chi connectivity index (χ2n) is 7.04. The Morgan fingerprint density at radius 2 is 2.00 bits per heavy atom. The highest BCUT2D eigenvalue weighted by Gasteiger charge is 2.20. The third-order valence-electron chi connectivity index (χ3n) is 5.05. The van der Waals surface area contributed by atoms with Gasteiger partial charge in [-0.25, -0.2) is 4.98 Å². The van der Waals surface area contributed by atoms with E-state index in [1.54, 1.807) is 19.4 Å². The van der Waals surface area contributed by atoms with Crippen LogP contribution in [0.25, 0.3) is 33.4 Å². The number of benzene rings is 2. The van der Waals surface area contributed by atoms with Crippen molar-refractivity contribution in [1.29, 1.82) is 0 Å². The van der Waals surface area contributed by atoms with E-state index in [1.807, 2.05) is 43.3 Å². The molecule has 0 saturated carbocycles. The molecule has 0 aliphatic carbocycles. The Bertz CT molecular complexity index is 1390. The van der Waals surface area contributed by atoms with Crippen molar-refractivity contribution in [3.63, 3.8) is 0 Å². The van der Waals surface area contributed by atoms with E-state index in [2.05, 4.69) is 20.1 Å². The Hall–Kier alpha value is -3.42. The number of ether oxygens (including phenoxy) is 2. The summed E-state index contributed by atoms with van der Waals surface area (Å²) in [5.41, 5.74) is 3.32. The van der Waals surface area contributed by atoms with Gasteiger partial charge < -0.3 is 19.0 Å². The Balaban J connectivity index is 1.69. The molecule has 0 spiro atoms. The average molecular weight is 435 g/mol. The summed E-state index contributed by atoms with van der Waals surface area (Å²) in [7, 11) is 1.65. The molecule has 156 valence electrons. The lowest BCUT2D eigenvalue weighted by Crippen LogP contribution is -1.97. The first kappa shape index (κ1) is 19.5. The number of H-pyrrole nitrogens is 1. The van der Waals surface area contributed by atoms with E-state index in [0.717, 1.165) is 27.4 Å². The zero-order valence-corrected chi connectivity index (χ0v) is 17.7. The van der Waals surface area contributed by atoms with Gasteiger partial charge in [-0.2, -0.15) is 4.98 Å². The molecule has 0 fully saturated rings. The number of rotatable bonds is 6. The van der Waals surface area contributed by atoms with E-state index >= 15 is 0 Å². The number of fused-ring (bicyclic) bond motifs is 3. The lowest BCUT2D eigenvalue weighted by Gasteiger charge is -2.09. The molecule has 0 atom stereocenters. The smallest absolute Gasteiger partial charge is 0.276 e. The molecule has 0 bridgehead atoms. The van der Waals surface area contributed by atoms with E-state index in [4.69, 9.17) is 25.6 Å². The number of nitrogens with zero attached hydrogens (tertiary/aromatic N) is 3. The summed E-state index contributed by atoms with van der Waals surface area (Å²) in [4.78, 5) is 12.4. The minimum absolute atomic E-state index is 0.339. The lowest BCUT2D eigenvalue weighted by molar-refractivity contribution is 0.186. The molecular weight excluding hydrogens is 416 g/mol. The van der Waals surface area contributed by atoms with Crippen molar-refractivity contribution in [2.24, 2.45) is 0 Å². The summed E-state index contributed by atoms with van der Waals surface area (Å²) in [6.07, 6.45) is 2.45. The molecule has 0 radical (unpaired) electrons. The molecule has 0 unspecified atom stereocenters. The number of methoxy groups -OCH3 is 1. The first-order valence-electron chi connectivity index (χ1n) is 9.85. The van der Waals surface area contributed by atoms with Crippen molar-refractivity contribution in [1.82, 2.24) is 20.1 Å². The second kappa shape index (κ2) is 8.02. The Morgan fingerprint density at radius 1 is 1.13 bits per heavy atom. The van der Waals surface area contributed by atoms with Gasteiger partial charge in [0.15, 0.2) is 5.82 Å². The molecule has 2 aromatic carbocycles. The number of nitrogens with one attached hydrogen (secondary N) is 1. The fourth-order valence-corrected chi connectivity index (χ4v) is 3.79. The van der Waals surface area contributed by atoms with Crippen LogP contribution in [0.2, 0.25) is 5.02 Å². The van der Waals surface area contributed by atoms with Crippen LogP contribution in [-0.4, -0.2) is 27.2 Å². The number of pyridine rings is 1. The van der Waals surface area contributed by atoms with Gasteiger partial charge in [-0.05, 0) is 30.3 Å². The van der Waals surface area contributed by atoms with Crippen LogP contribution in [0.15, 0.2) is 53.2 Å². The van der Waals surface area contributed by atoms with Crippen LogP contribution in [0, 0.1) is 0 Å². The number of hydrogen-bond acceptors (Lipinski definition) is 6. The SMILES string of the molecule is CCc1noc(-c2ncc3[nH]c4ccc(Oc5ccccc5Cl)cc4c3c2COC)n1. The normalized spacial score (nSPS) is 11.5. The molecule has 31 heavy (non-hydrogen) atoms. The summed E-state index contributed by atoms with van der Waals surface area (Å²) >= 11 is 6.26. The van der Waals surface area contributed by atoms with Crippen molar-refractivity contribution in [2.75, 3.05) is 7.11 Å². The molecule has 5 rings (SSSR count). The van der Waals surface area contributed by atoms with Crippen LogP contribution in [0.4, 0.5) is 0 Å². The van der Waals surface area contributed by atoms with Gasteiger partial charge in [0, 0.05) is 35.4 Å². The van der Waals surface area contributed by atoms with Crippen molar-refractivity contribution in [3.8, 4) is 23.1 Å². The predicted octanol–water partition coefficient (Wildman–Crippen LogP) is 5.92. The minimum atomic E-state index is 0.339. The summed E-state index contributed by atoms with van der Waals surface area (Å²) < 4.78 is 17.0. The molecule has 3 aromatic heterocycles. The predicted molar refractivity (Wildman–Crippen MR) is 119 cm³/mol. The topological polar surface area (TPSA) is 86.1 Å². The highest BCUT2D eigenvalue weighted by Crippen LogP contribution is 2.37. The Labute approximate surface area is 183 Å². The van der Waals surface area contributed by atoms with E-state index in [-0.39, 0.29) is 0 Å².